The molecule has 0 spiro atoms. The summed E-state index contributed by atoms with van der Waals surface area (Å²) in [6, 6.07) is 11.0. The van der Waals surface area contributed by atoms with Crippen LogP contribution in [0, 0.1) is 12.8 Å². The second-order valence-corrected chi connectivity index (χ2v) is 7.45. The van der Waals surface area contributed by atoms with E-state index in [1.165, 1.54) is 9.75 Å². The van der Waals surface area contributed by atoms with E-state index in [0.29, 0.717) is 10.9 Å². The van der Waals surface area contributed by atoms with Gasteiger partial charge in [-0.15, -0.1) is 11.3 Å². The van der Waals surface area contributed by atoms with Crippen LogP contribution in [-0.4, -0.2) is 17.6 Å². The van der Waals surface area contributed by atoms with Crippen LogP contribution in [0.15, 0.2) is 36.4 Å². The fourth-order valence-electron chi connectivity index (χ4n) is 2.66. The lowest BCUT2D eigenvalue weighted by molar-refractivity contribution is -0.123. The van der Waals surface area contributed by atoms with Gasteiger partial charge in [0.1, 0.15) is 0 Å². The summed E-state index contributed by atoms with van der Waals surface area (Å²) in [7, 11) is 0. The van der Waals surface area contributed by atoms with Crippen LogP contribution in [0.3, 0.4) is 0 Å². The first-order valence-corrected chi connectivity index (χ1v) is 8.51. The maximum absolute atomic E-state index is 12.4. The lowest BCUT2D eigenvalue weighted by atomic mass is 10.1. The lowest BCUT2D eigenvalue weighted by Gasteiger charge is -2.17. The van der Waals surface area contributed by atoms with Gasteiger partial charge in [0.2, 0.25) is 5.91 Å². The predicted octanol–water partition coefficient (Wildman–Crippen LogP) is 3.66. The molecule has 1 heterocycles. The number of carbonyl (C=O) groups is 1. The maximum atomic E-state index is 12.4. The van der Waals surface area contributed by atoms with Crippen molar-refractivity contribution in [1.82, 2.24) is 5.32 Å². The van der Waals surface area contributed by atoms with Crippen molar-refractivity contribution in [3.05, 3.63) is 56.7 Å². The average molecular weight is 336 g/mol. The molecule has 1 aliphatic carbocycles. The van der Waals surface area contributed by atoms with E-state index in [-0.39, 0.29) is 24.5 Å². The van der Waals surface area contributed by atoms with E-state index in [0.717, 1.165) is 12.0 Å². The number of hydrogen-bond acceptors (Lipinski definition) is 3. The van der Waals surface area contributed by atoms with Crippen molar-refractivity contribution in [3.8, 4) is 0 Å². The zero-order valence-electron chi connectivity index (χ0n) is 12.3. The number of thiophene rings is 1. The first-order valence-electron chi connectivity index (χ1n) is 7.31. The smallest absolute Gasteiger partial charge is 0.224 e. The van der Waals surface area contributed by atoms with Gasteiger partial charge in [0.05, 0.1) is 12.6 Å². The van der Waals surface area contributed by atoms with Crippen LogP contribution < -0.4 is 5.32 Å². The Morgan fingerprint density at radius 3 is 2.68 bits per heavy atom. The number of nitrogens with one attached hydrogen (secondary N) is 1. The van der Waals surface area contributed by atoms with Crippen molar-refractivity contribution in [1.29, 1.82) is 0 Å². The lowest BCUT2D eigenvalue weighted by Crippen LogP contribution is -2.32. The minimum atomic E-state index is -0.379. The summed E-state index contributed by atoms with van der Waals surface area (Å²) in [5.41, 5.74) is 0.865. The zero-order chi connectivity index (χ0) is 15.7. The second-order valence-electron chi connectivity index (χ2n) is 5.69. The van der Waals surface area contributed by atoms with Gasteiger partial charge in [0.25, 0.3) is 0 Å². The first-order chi connectivity index (χ1) is 10.6. The number of rotatable bonds is 5. The van der Waals surface area contributed by atoms with Crippen LogP contribution in [-0.2, 0) is 4.79 Å². The summed E-state index contributed by atoms with van der Waals surface area (Å²) < 4.78 is 0. The van der Waals surface area contributed by atoms with Gasteiger partial charge in [-0.25, -0.2) is 0 Å². The van der Waals surface area contributed by atoms with Gasteiger partial charge in [0, 0.05) is 26.6 Å². The molecule has 2 aromatic rings. The van der Waals surface area contributed by atoms with Gasteiger partial charge in [-0.05, 0) is 43.2 Å². The Kier molecular flexibility index (Phi) is 4.52. The molecule has 2 N–H and O–H groups in total. The standard InChI is InChI=1S/C17H18ClNO2S/c1-10-2-7-16(22-10)13-8-14(13)17(21)19-15(9-20)11-3-5-12(18)6-4-11/h2-7,13-15,20H,8-9H2,1H3,(H,19,21). The van der Waals surface area contributed by atoms with Gasteiger partial charge in [0.15, 0.2) is 0 Å². The molecule has 3 atom stereocenters. The number of amides is 1. The van der Waals surface area contributed by atoms with Gasteiger partial charge in [-0.1, -0.05) is 23.7 Å². The fraction of sp³-hybridized carbons (Fsp3) is 0.353. The molecule has 1 aliphatic rings. The molecule has 116 valence electrons. The van der Waals surface area contributed by atoms with Crippen LogP contribution in [0.25, 0.3) is 0 Å². The number of benzene rings is 1. The number of carbonyl (C=O) groups excluding carboxylic acids is 1. The third kappa shape index (κ3) is 3.35. The highest BCUT2D eigenvalue weighted by molar-refractivity contribution is 7.12. The summed E-state index contributed by atoms with van der Waals surface area (Å²) >= 11 is 7.62. The fourth-order valence-corrected chi connectivity index (χ4v) is 3.84. The quantitative estimate of drug-likeness (QED) is 0.876. The third-order valence-corrected chi connectivity index (χ3v) is 5.41. The van der Waals surface area contributed by atoms with Gasteiger partial charge < -0.3 is 10.4 Å². The Balaban J connectivity index is 1.62. The molecule has 1 fully saturated rings. The van der Waals surface area contributed by atoms with E-state index >= 15 is 0 Å². The number of aliphatic hydroxyl groups is 1. The summed E-state index contributed by atoms with van der Waals surface area (Å²) in [6.07, 6.45) is 0.893. The largest absolute Gasteiger partial charge is 0.394 e. The van der Waals surface area contributed by atoms with E-state index in [4.69, 9.17) is 11.6 Å². The average Bonchev–Trinajstić information content (AvgIpc) is 3.20. The van der Waals surface area contributed by atoms with Crippen LogP contribution in [0.4, 0.5) is 0 Å². The Morgan fingerprint density at radius 2 is 2.09 bits per heavy atom. The highest BCUT2D eigenvalue weighted by Gasteiger charge is 2.45. The number of aliphatic hydroxyl groups excluding tert-OH is 1. The zero-order valence-corrected chi connectivity index (χ0v) is 13.8. The van der Waals surface area contributed by atoms with E-state index in [1.54, 1.807) is 23.5 Å². The summed E-state index contributed by atoms with van der Waals surface area (Å²) in [5, 5.41) is 13.1. The minimum absolute atomic E-state index is 0.0186. The van der Waals surface area contributed by atoms with Crippen molar-refractivity contribution in [3.63, 3.8) is 0 Å². The topological polar surface area (TPSA) is 49.3 Å². The van der Waals surface area contributed by atoms with Crippen molar-refractivity contribution in [2.24, 2.45) is 5.92 Å². The molecule has 1 amide bonds. The molecule has 1 aromatic carbocycles. The molecule has 3 nitrogen and oxygen atoms in total. The molecule has 3 unspecified atom stereocenters. The highest BCUT2D eigenvalue weighted by Crippen LogP contribution is 2.49. The Hall–Kier alpha value is -1.36. The van der Waals surface area contributed by atoms with Crippen molar-refractivity contribution >= 4 is 28.8 Å². The van der Waals surface area contributed by atoms with Crippen LogP contribution in [0.5, 0.6) is 0 Å². The number of aryl methyl sites for hydroxylation is 1. The molecule has 1 aromatic heterocycles. The van der Waals surface area contributed by atoms with E-state index < -0.39 is 0 Å². The van der Waals surface area contributed by atoms with Crippen LogP contribution in [0.2, 0.25) is 5.02 Å². The summed E-state index contributed by atoms with van der Waals surface area (Å²) in [5.74, 6) is 0.382. The first kappa shape index (κ1) is 15.5. The summed E-state index contributed by atoms with van der Waals surface area (Å²) in [4.78, 5) is 14.9. The molecular weight excluding hydrogens is 318 g/mol. The van der Waals surface area contributed by atoms with E-state index in [1.807, 2.05) is 12.1 Å². The Bertz CT molecular complexity index is 668. The normalized spacial score (nSPS) is 21.4. The van der Waals surface area contributed by atoms with Gasteiger partial charge in [-0.2, -0.15) is 0 Å². The molecule has 0 radical (unpaired) electrons. The van der Waals surface area contributed by atoms with Gasteiger partial charge in [-0.3, -0.25) is 4.79 Å². The highest BCUT2D eigenvalue weighted by atomic mass is 35.5. The summed E-state index contributed by atoms with van der Waals surface area (Å²) in [6.45, 7) is 1.96. The van der Waals surface area contributed by atoms with Crippen LogP contribution >= 0.6 is 22.9 Å². The van der Waals surface area contributed by atoms with Gasteiger partial charge >= 0.3 is 0 Å². The van der Waals surface area contributed by atoms with Crippen molar-refractivity contribution in [2.75, 3.05) is 6.61 Å². The molecule has 0 bridgehead atoms. The molecule has 0 aliphatic heterocycles. The van der Waals surface area contributed by atoms with E-state index in [9.17, 15) is 9.90 Å². The molecule has 5 heteroatoms. The minimum Gasteiger partial charge on any atom is -0.394 e. The van der Waals surface area contributed by atoms with Crippen molar-refractivity contribution < 1.29 is 9.90 Å². The second kappa shape index (κ2) is 6.41. The number of hydrogen-bond donors (Lipinski definition) is 2. The predicted molar refractivity (Wildman–Crippen MR) is 89.3 cm³/mol. The molecule has 1 saturated carbocycles. The molecular formula is C17H18ClNO2S. The number of halogens is 1. The molecule has 22 heavy (non-hydrogen) atoms. The molecule has 0 saturated heterocycles. The Morgan fingerprint density at radius 1 is 1.36 bits per heavy atom. The monoisotopic (exact) mass is 335 g/mol. The van der Waals surface area contributed by atoms with E-state index in [2.05, 4.69) is 24.4 Å². The molecule has 3 rings (SSSR count). The third-order valence-electron chi connectivity index (χ3n) is 4.03. The van der Waals surface area contributed by atoms with Crippen LogP contribution in [0.1, 0.15) is 33.7 Å². The SMILES string of the molecule is Cc1ccc(C2CC2C(=O)NC(CO)c2ccc(Cl)cc2)s1. The maximum Gasteiger partial charge on any atom is 0.224 e. The Labute approximate surface area is 138 Å². The van der Waals surface area contributed by atoms with Crippen molar-refractivity contribution in [2.45, 2.75) is 25.3 Å².